The maximum Gasteiger partial charge on any atom is 0.295 e. The fraction of sp³-hybridized carbons (Fsp3) is 0.294. The molecule has 1 aliphatic rings. The zero-order valence-electron chi connectivity index (χ0n) is 12.3. The summed E-state index contributed by atoms with van der Waals surface area (Å²) in [4.78, 5) is 12.8. The highest BCUT2D eigenvalue weighted by molar-refractivity contribution is 5.65. The number of nitro benzene ring substituents is 1. The van der Waals surface area contributed by atoms with Crippen LogP contribution in [-0.4, -0.2) is 11.5 Å². The lowest BCUT2D eigenvalue weighted by Gasteiger charge is -2.27. The number of rotatable bonds is 3. The third-order valence-corrected chi connectivity index (χ3v) is 4.12. The molecule has 5 heteroatoms. The third-order valence-electron chi connectivity index (χ3n) is 4.12. The van der Waals surface area contributed by atoms with Crippen molar-refractivity contribution in [3.05, 3.63) is 69.5 Å². The smallest absolute Gasteiger partial charge is 0.295 e. The van der Waals surface area contributed by atoms with Crippen LogP contribution in [-0.2, 0) is 0 Å². The van der Waals surface area contributed by atoms with E-state index in [9.17, 15) is 14.5 Å². The number of halogens is 1. The van der Waals surface area contributed by atoms with E-state index in [2.05, 4.69) is 6.07 Å². The highest BCUT2D eigenvalue weighted by Gasteiger charge is 2.31. The Labute approximate surface area is 128 Å². The fourth-order valence-corrected chi connectivity index (χ4v) is 3.16. The van der Waals surface area contributed by atoms with Crippen molar-refractivity contribution in [2.45, 2.75) is 25.8 Å². The SMILES string of the molecule is Cc1cccc(C2CCCN2c2ccc(F)cc2[N+](=O)[O-])c1. The van der Waals surface area contributed by atoms with E-state index in [0.29, 0.717) is 5.69 Å². The molecule has 1 unspecified atom stereocenters. The van der Waals surface area contributed by atoms with Gasteiger partial charge < -0.3 is 4.90 Å². The second kappa shape index (κ2) is 5.75. The Kier molecular flexibility index (Phi) is 3.79. The molecular weight excluding hydrogens is 283 g/mol. The Bertz CT molecular complexity index is 718. The third kappa shape index (κ3) is 2.66. The number of nitrogens with zero attached hydrogens (tertiary/aromatic N) is 2. The Morgan fingerprint density at radius 3 is 2.82 bits per heavy atom. The highest BCUT2D eigenvalue weighted by Crippen LogP contribution is 2.40. The quantitative estimate of drug-likeness (QED) is 0.624. The molecule has 1 heterocycles. The van der Waals surface area contributed by atoms with Crippen molar-refractivity contribution in [3.8, 4) is 0 Å². The molecule has 1 saturated heterocycles. The van der Waals surface area contributed by atoms with Crippen LogP contribution in [0.4, 0.5) is 15.8 Å². The van der Waals surface area contributed by atoms with Gasteiger partial charge in [-0.1, -0.05) is 29.8 Å². The normalized spacial score (nSPS) is 17.7. The molecule has 0 saturated carbocycles. The number of aryl methyl sites for hydroxylation is 1. The topological polar surface area (TPSA) is 46.4 Å². The molecule has 0 aliphatic carbocycles. The Balaban J connectivity index is 2.02. The molecule has 3 rings (SSSR count). The summed E-state index contributed by atoms with van der Waals surface area (Å²) in [7, 11) is 0. The molecule has 1 aliphatic heterocycles. The minimum absolute atomic E-state index is 0.101. The number of anilines is 1. The van der Waals surface area contributed by atoms with Crippen LogP contribution in [0, 0.1) is 22.9 Å². The van der Waals surface area contributed by atoms with Crippen LogP contribution in [0.25, 0.3) is 0 Å². The van der Waals surface area contributed by atoms with E-state index in [1.165, 1.54) is 12.1 Å². The van der Waals surface area contributed by atoms with Crippen LogP contribution in [0.3, 0.4) is 0 Å². The van der Waals surface area contributed by atoms with E-state index < -0.39 is 10.7 Å². The molecule has 0 radical (unpaired) electrons. The molecule has 0 amide bonds. The Morgan fingerprint density at radius 1 is 1.27 bits per heavy atom. The first kappa shape index (κ1) is 14.5. The molecule has 0 bridgehead atoms. The van der Waals surface area contributed by atoms with Crippen LogP contribution >= 0.6 is 0 Å². The molecule has 1 atom stereocenters. The highest BCUT2D eigenvalue weighted by atomic mass is 19.1. The van der Waals surface area contributed by atoms with Gasteiger partial charge >= 0.3 is 0 Å². The van der Waals surface area contributed by atoms with E-state index in [-0.39, 0.29) is 11.7 Å². The minimum Gasteiger partial charge on any atom is -0.359 e. The van der Waals surface area contributed by atoms with E-state index >= 15 is 0 Å². The fourth-order valence-electron chi connectivity index (χ4n) is 3.16. The molecule has 4 nitrogen and oxygen atoms in total. The van der Waals surface area contributed by atoms with Gasteiger partial charge in [-0.2, -0.15) is 0 Å². The molecule has 2 aromatic rings. The van der Waals surface area contributed by atoms with Gasteiger partial charge in [0, 0.05) is 6.54 Å². The van der Waals surface area contributed by atoms with Crippen LogP contribution in [0.2, 0.25) is 0 Å². The van der Waals surface area contributed by atoms with E-state index in [1.807, 2.05) is 30.0 Å². The van der Waals surface area contributed by atoms with Gasteiger partial charge in [0.25, 0.3) is 5.69 Å². The summed E-state index contributed by atoms with van der Waals surface area (Å²) in [5.41, 5.74) is 2.64. The second-order valence-electron chi connectivity index (χ2n) is 5.66. The molecule has 0 spiro atoms. The molecule has 22 heavy (non-hydrogen) atoms. The first-order valence-electron chi connectivity index (χ1n) is 7.33. The first-order chi connectivity index (χ1) is 10.6. The van der Waals surface area contributed by atoms with E-state index in [1.54, 1.807) is 0 Å². The molecule has 2 aromatic carbocycles. The summed E-state index contributed by atoms with van der Waals surface area (Å²) in [6.45, 7) is 2.77. The maximum atomic E-state index is 13.3. The predicted octanol–water partition coefficient (Wildman–Crippen LogP) is 4.38. The number of nitro groups is 1. The molecular formula is C17H17FN2O2. The largest absolute Gasteiger partial charge is 0.359 e. The van der Waals surface area contributed by atoms with Gasteiger partial charge in [-0.25, -0.2) is 4.39 Å². The van der Waals surface area contributed by atoms with E-state index in [4.69, 9.17) is 0 Å². The van der Waals surface area contributed by atoms with Crippen molar-refractivity contribution in [1.29, 1.82) is 0 Å². The molecule has 0 aromatic heterocycles. The van der Waals surface area contributed by atoms with Crippen molar-refractivity contribution in [1.82, 2.24) is 0 Å². The van der Waals surface area contributed by atoms with Gasteiger partial charge in [-0.3, -0.25) is 10.1 Å². The van der Waals surface area contributed by atoms with Crippen LogP contribution < -0.4 is 4.90 Å². The zero-order chi connectivity index (χ0) is 15.7. The Hall–Kier alpha value is -2.43. The van der Waals surface area contributed by atoms with Crippen molar-refractivity contribution < 1.29 is 9.31 Å². The van der Waals surface area contributed by atoms with Gasteiger partial charge in [0.15, 0.2) is 0 Å². The summed E-state index contributed by atoms with van der Waals surface area (Å²) in [6, 6.07) is 12.1. The average molecular weight is 300 g/mol. The zero-order valence-corrected chi connectivity index (χ0v) is 12.3. The van der Waals surface area contributed by atoms with Crippen LogP contribution in [0.15, 0.2) is 42.5 Å². The van der Waals surface area contributed by atoms with Gasteiger partial charge in [-0.15, -0.1) is 0 Å². The summed E-state index contributed by atoms with van der Waals surface area (Å²) < 4.78 is 13.3. The van der Waals surface area contributed by atoms with Crippen molar-refractivity contribution in [2.75, 3.05) is 11.4 Å². The lowest BCUT2D eigenvalue weighted by molar-refractivity contribution is -0.384. The summed E-state index contributed by atoms with van der Waals surface area (Å²) in [6.07, 6.45) is 1.91. The molecule has 114 valence electrons. The summed E-state index contributed by atoms with van der Waals surface area (Å²) >= 11 is 0. The van der Waals surface area contributed by atoms with Gasteiger partial charge in [0.2, 0.25) is 0 Å². The molecule has 1 fully saturated rings. The van der Waals surface area contributed by atoms with Crippen molar-refractivity contribution in [3.63, 3.8) is 0 Å². The van der Waals surface area contributed by atoms with Crippen LogP contribution in [0.5, 0.6) is 0 Å². The maximum absolute atomic E-state index is 13.3. The molecule has 0 N–H and O–H groups in total. The monoisotopic (exact) mass is 300 g/mol. The standard InChI is InChI=1S/C17H17FN2O2/c1-12-4-2-5-13(10-12)15-6-3-9-19(15)16-8-7-14(18)11-17(16)20(21)22/h2,4-5,7-8,10-11,15H,3,6,9H2,1H3. The summed E-state index contributed by atoms with van der Waals surface area (Å²) in [5.74, 6) is -0.582. The van der Waals surface area contributed by atoms with E-state index in [0.717, 1.165) is 36.6 Å². The number of benzene rings is 2. The Morgan fingerprint density at radius 2 is 2.09 bits per heavy atom. The van der Waals surface area contributed by atoms with Gasteiger partial charge in [0.05, 0.1) is 17.0 Å². The minimum atomic E-state index is -0.582. The first-order valence-corrected chi connectivity index (χ1v) is 7.33. The number of hydrogen-bond donors (Lipinski definition) is 0. The average Bonchev–Trinajstić information content (AvgIpc) is 2.96. The number of hydrogen-bond acceptors (Lipinski definition) is 3. The lowest BCUT2D eigenvalue weighted by Crippen LogP contribution is -2.23. The lowest BCUT2D eigenvalue weighted by atomic mass is 10.0. The second-order valence-corrected chi connectivity index (χ2v) is 5.66. The van der Waals surface area contributed by atoms with Gasteiger partial charge in [-0.05, 0) is 37.5 Å². The van der Waals surface area contributed by atoms with Gasteiger partial charge in [0.1, 0.15) is 11.5 Å². The van der Waals surface area contributed by atoms with Crippen molar-refractivity contribution in [2.24, 2.45) is 0 Å². The summed E-state index contributed by atoms with van der Waals surface area (Å²) in [5, 5.41) is 11.2. The van der Waals surface area contributed by atoms with Crippen molar-refractivity contribution >= 4 is 11.4 Å². The predicted molar refractivity (Wildman–Crippen MR) is 83.6 cm³/mol. The van der Waals surface area contributed by atoms with Crippen LogP contribution in [0.1, 0.15) is 30.0 Å².